The first-order valence-corrected chi connectivity index (χ1v) is 12.2. The van der Waals surface area contributed by atoms with Gasteiger partial charge < -0.3 is 9.64 Å². The number of halogens is 1. The third-order valence-corrected chi connectivity index (χ3v) is 7.67. The molecule has 0 N–H and O–H groups in total. The van der Waals surface area contributed by atoms with Gasteiger partial charge in [-0.2, -0.15) is 0 Å². The molecule has 6 nitrogen and oxygen atoms in total. The number of methoxy groups -OCH3 is 1. The molecule has 3 heterocycles. The van der Waals surface area contributed by atoms with Gasteiger partial charge in [-0.1, -0.05) is 46.3 Å². The Bertz CT molecular complexity index is 1380. The van der Waals surface area contributed by atoms with Crippen LogP contribution >= 0.6 is 15.9 Å². The summed E-state index contributed by atoms with van der Waals surface area (Å²) in [6.45, 7) is 0. The summed E-state index contributed by atoms with van der Waals surface area (Å²) in [5, 5.41) is 0. The Morgan fingerprint density at radius 3 is 2.29 bits per heavy atom. The van der Waals surface area contributed by atoms with E-state index in [4.69, 9.17) is 4.74 Å². The summed E-state index contributed by atoms with van der Waals surface area (Å²) in [5.74, 6) is -1.59. The number of rotatable bonds is 4. The number of hydrogen-bond acceptors (Lipinski definition) is 5. The van der Waals surface area contributed by atoms with Gasteiger partial charge in [0.15, 0.2) is 5.78 Å². The molecule has 2 fully saturated rings. The molecule has 2 amide bonds. The average molecular weight is 529 g/mol. The van der Waals surface area contributed by atoms with E-state index in [0.29, 0.717) is 17.0 Å². The number of ether oxygens (including phenoxy) is 1. The van der Waals surface area contributed by atoms with E-state index in [9.17, 15) is 14.4 Å². The van der Waals surface area contributed by atoms with E-state index in [2.05, 4.69) is 15.9 Å². The number of fused-ring (bicyclic) bond motifs is 5. The number of carbonyl (C=O) groups is 3. The fraction of sp³-hybridized carbons (Fsp3) is 0.179. The molecule has 2 saturated heterocycles. The first kappa shape index (κ1) is 21.8. The van der Waals surface area contributed by atoms with Crippen molar-refractivity contribution < 1.29 is 19.1 Å². The highest BCUT2D eigenvalue weighted by atomic mass is 79.9. The summed E-state index contributed by atoms with van der Waals surface area (Å²) >= 11 is 3.40. The molecule has 0 saturated carbocycles. The van der Waals surface area contributed by atoms with E-state index in [1.165, 1.54) is 4.90 Å². The van der Waals surface area contributed by atoms with Crippen LogP contribution in [0.2, 0.25) is 0 Å². The van der Waals surface area contributed by atoms with Gasteiger partial charge in [0, 0.05) is 15.7 Å². The van der Waals surface area contributed by atoms with Crippen LogP contribution in [0, 0.1) is 11.8 Å². The molecule has 3 aliphatic rings. The van der Waals surface area contributed by atoms with Crippen molar-refractivity contribution in [2.45, 2.75) is 12.1 Å². The topological polar surface area (TPSA) is 66.9 Å². The van der Waals surface area contributed by atoms with E-state index < -0.39 is 17.9 Å². The van der Waals surface area contributed by atoms with Crippen molar-refractivity contribution in [3.8, 4) is 5.75 Å². The van der Waals surface area contributed by atoms with Gasteiger partial charge in [-0.15, -0.1) is 0 Å². The molecule has 6 rings (SSSR count). The SMILES string of the molecule is COc1ccc(C(=O)[C@@H]2[C@@H]3C(=O)N(c4ccc(Br)cc4)C(=O)[C@@H]3[C@@H]3C=Cc4ccccc4N23)cc1. The molecule has 0 spiro atoms. The number of anilines is 2. The maximum absolute atomic E-state index is 14.0. The minimum absolute atomic E-state index is 0.186. The highest BCUT2D eigenvalue weighted by Crippen LogP contribution is 2.49. The van der Waals surface area contributed by atoms with Crippen LogP contribution in [0.3, 0.4) is 0 Å². The highest BCUT2D eigenvalue weighted by molar-refractivity contribution is 9.10. The first-order valence-electron chi connectivity index (χ1n) is 11.4. The zero-order valence-electron chi connectivity index (χ0n) is 18.8. The fourth-order valence-corrected chi connectivity index (χ4v) is 5.85. The summed E-state index contributed by atoms with van der Waals surface area (Å²) in [6, 6.07) is 20.5. The number of ketones is 1. The van der Waals surface area contributed by atoms with Gasteiger partial charge >= 0.3 is 0 Å². The molecule has 0 radical (unpaired) electrons. The van der Waals surface area contributed by atoms with Crippen molar-refractivity contribution in [2.24, 2.45) is 11.8 Å². The lowest BCUT2D eigenvalue weighted by molar-refractivity contribution is -0.122. The average Bonchev–Trinajstić information content (AvgIpc) is 3.37. The van der Waals surface area contributed by atoms with Crippen LogP contribution in [0.1, 0.15) is 15.9 Å². The van der Waals surface area contributed by atoms with Crippen LogP contribution in [-0.2, 0) is 9.59 Å². The summed E-state index contributed by atoms with van der Waals surface area (Å²) < 4.78 is 6.09. The minimum Gasteiger partial charge on any atom is -0.497 e. The maximum atomic E-state index is 14.0. The number of hydrogen-bond donors (Lipinski definition) is 0. The Kier molecular flexibility index (Phi) is 5.11. The van der Waals surface area contributed by atoms with Crippen LogP contribution < -0.4 is 14.5 Å². The van der Waals surface area contributed by atoms with E-state index >= 15 is 0 Å². The predicted molar refractivity (Wildman–Crippen MR) is 136 cm³/mol. The first-order chi connectivity index (χ1) is 17.0. The Hall–Kier alpha value is -3.71. The predicted octanol–water partition coefficient (Wildman–Crippen LogP) is 4.73. The second-order valence-electron chi connectivity index (χ2n) is 8.89. The van der Waals surface area contributed by atoms with Crippen molar-refractivity contribution in [1.29, 1.82) is 0 Å². The number of carbonyl (C=O) groups excluding carboxylic acids is 3. The van der Waals surface area contributed by atoms with Crippen LogP contribution in [-0.4, -0.2) is 36.8 Å². The normalized spacial score (nSPS) is 24.3. The molecule has 0 unspecified atom stereocenters. The molecule has 3 aromatic rings. The summed E-state index contributed by atoms with van der Waals surface area (Å²) in [5.41, 5.74) is 2.81. The van der Waals surface area contributed by atoms with Gasteiger partial charge in [0.1, 0.15) is 11.8 Å². The minimum atomic E-state index is -0.804. The second kappa shape index (κ2) is 8.20. The molecule has 0 bridgehead atoms. The zero-order chi connectivity index (χ0) is 24.3. The van der Waals surface area contributed by atoms with Gasteiger partial charge in [0.2, 0.25) is 11.8 Å². The number of Topliss-reactive ketones (excluding diaryl/α,β-unsaturated/α-hetero) is 1. The Morgan fingerprint density at radius 1 is 0.886 bits per heavy atom. The number of nitrogens with zero attached hydrogens (tertiary/aromatic N) is 2. The summed E-state index contributed by atoms with van der Waals surface area (Å²) in [7, 11) is 1.57. The number of benzene rings is 3. The Balaban J connectivity index is 1.47. The van der Waals surface area contributed by atoms with E-state index in [1.807, 2.05) is 41.3 Å². The molecular weight excluding hydrogens is 508 g/mol. The molecule has 174 valence electrons. The van der Waals surface area contributed by atoms with Crippen LogP contribution in [0.4, 0.5) is 11.4 Å². The van der Waals surface area contributed by atoms with Crippen LogP contribution in [0.5, 0.6) is 5.75 Å². The second-order valence-corrected chi connectivity index (χ2v) is 9.81. The fourth-order valence-electron chi connectivity index (χ4n) is 5.58. The van der Waals surface area contributed by atoms with Crippen molar-refractivity contribution in [1.82, 2.24) is 0 Å². The van der Waals surface area contributed by atoms with Gasteiger partial charge in [0.05, 0.1) is 30.7 Å². The quantitative estimate of drug-likeness (QED) is 0.361. The monoisotopic (exact) mass is 528 g/mol. The lowest BCUT2D eigenvalue weighted by Crippen LogP contribution is -2.48. The third-order valence-electron chi connectivity index (χ3n) is 7.14. The molecule has 0 aromatic heterocycles. The van der Waals surface area contributed by atoms with Gasteiger partial charge in [-0.25, -0.2) is 4.90 Å². The summed E-state index contributed by atoms with van der Waals surface area (Å²) in [4.78, 5) is 44.8. The standard InChI is InChI=1S/C28H21BrN2O4/c1-35-20-13-6-17(7-14-20)26(32)25-24-23(22-15-8-16-4-2-3-5-21(16)31(22)25)27(33)30(28(24)34)19-11-9-18(29)10-12-19/h2-15,22-25H,1H3/t22-,23+,24+,25-/m0/s1. The Morgan fingerprint density at radius 2 is 1.57 bits per heavy atom. The van der Waals surface area contributed by atoms with Gasteiger partial charge in [-0.05, 0) is 60.2 Å². The lowest BCUT2D eigenvalue weighted by atomic mass is 9.86. The van der Waals surface area contributed by atoms with Crippen molar-refractivity contribution in [3.63, 3.8) is 0 Å². The molecule has 7 heteroatoms. The summed E-state index contributed by atoms with van der Waals surface area (Å²) in [6.07, 6.45) is 3.94. The van der Waals surface area contributed by atoms with Gasteiger partial charge in [-0.3, -0.25) is 14.4 Å². The molecule has 3 aromatic carbocycles. The van der Waals surface area contributed by atoms with E-state index in [-0.39, 0.29) is 23.6 Å². The lowest BCUT2D eigenvalue weighted by Gasteiger charge is -2.36. The van der Waals surface area contributed by atoms with E-state index in [1.54, 1.807) is 55.6 Å². The highest BCUT2D eigenvalue weighted by Gasteiger charge is 2.64. The smallest absolute Gasteiger partial charge is 0.240 e. The molecule has 4 atom stereocenters. The van der Waals surface area contributed by atoms with Crippen LogP contribution in [0.25, 0.3) is 6.08 Å². The molecule has 0 aliphatic carbocycles. The zero-order valence-corrected chi connectivity index (χ0v) is 20.4. The number of imide groups is 1. The third kappa shape index (κ3) is 3.26. The maximum Gasteiger partial charge on any atom is 0.240 e. The molecule has 35 heavy (non-hydrogen) atoms. The van der Waals surface area contributed by atoms with E-state index in [0.717, 1.165) is 15.7 Å². The van der Waals surface area contributed by atoms with Gasteiger partial charge in [0.25, 0.3) is 0 Å². The largest absolute Gasteiger partial charge is 0.497 e. The molecular formula is C28H21BrN2O4. The van der Waals surface area contributed by atoms with Crippen molar-refractivity contribution in [2.75, 3.05) is 16.9 Å². The Labute approximate surface area is 210 Å². The molecule has 3 aliphatic heterocycles. The van der Waals surface area contributed by atoms with Crippen LogP contribution in [0.15, 0.2) is 83.3 Å². The number of amides is 2. The van der Waals surface area contributed by atoms with Crippen molar-refractivity contribution in [3.05, 3.63) is 94.5 Å². The van der Waals surface area contributed by atoms with Crippen molar-refractivity contribution >= 4 is 51.0 Å². The number of para-hydroxylation sites is 1.